The van der Waals surface area contributed by atoms with Crippen molar-refractivity contribution in [2.45, 2.75) is 12.2 Å². The van der Waals surface area contributed by atoms with E-state index in [0.29, 0.717) is 11.1 Å². The average molecular weight is 372 g/mol. The molecule has 0 unspecified atom stereocenters. The molecule has 2 N–H and O–H groups in total. The topological polar surface area (TPSA) is 40.5 Å². The van der Waals surface area contributed by atoms with E-state index in [0.717, 1.165) is 8.95 Å². The summed E-state index contributed by atoms with van der Waals surface area (Å²) in [5.41, 5.74) is 1.36. The minimum atomic E-state index is -0.947. The van der Waals surface area contributed by atoms with Gasteiger partial charge in [0.1, 0.15) is 12.2 Å². The molecule has 2 atom stereocenters. The predicted octanol–water partition coefficient (Wildman–Crippen LogP) is 3.98. The molecule has 2 aromatic carbocycles. The van der Waals surface area contributed by atoms with Crippen LogP contribution in [0.25, 0.3) is 0 Å². The molecule has 0 aliphatic rings. The zero-order valence-electron chi connectivity index (χ0n) is 9.42. The molecule has 0 spiro atoms. The van der Waals surface area contributed by atoms with E-state index in [2.05, 4.69) is 31.9 Å². The fourth-order valence-electron chi connectivity index (χ4n) is 1.75. The molecule has 2 aromatic rings. The third kappa shape index (κ3) is 3.20. The molecule has 0 heterocycles. The molecule has 0 amide bonds. The first kappa shape index (κ1) is 13.7. The van der Waals surface area contributed by atoms with Crippen molar-refractivity contribution < 1.29 is 10.2 Å². The molecule has 0 aliphatic heterocycles. The van der Waals surface area contributed by atoms with Crippen molar-refractivity contribution in [3.05, 3.63) is 68.6 Å². The number of aliphatic hydroxyl groups excluding tert-OH is 2. The smallest absolute Gasteiger partial charge is 0.109 e. The first-order valence-electron chi connectivity index (χ1n) is 5.45. The van der Waals surface area contributed by atoms with Crippen molar-refractivity contribution >= 4 is 31.9 Å². The Labute approximate surface area is 123 Å². The summed E-state index contributed by atoms with van der Waals surface area (Å²) in [6.45, 7) is 0. The van der Waals surface area contributed by atoms with Crippen LogP contribution in [0.4, 0.5) is 0 Å². The fraction of sp³-hybridized carbons (Fsp3) is 0.143. The summed E-state index contributed by atoms with van der Waals surface area (Å²) in [7, 11) is 0. The Kier molecular flexibility index (Phi) is 4.56. The maximum atomic E-state index is 10.2. The normalized spacial score (nSPS) is 14.2. The summed E-state index contributed by atoms with van der Waals surface area (Å²) in [6.07, 6.45) is -1.89. The second-order valence-corrected chi connectivity index (χ2v) is 5.83. The van der Waals surface area contributed by atoms with E-state index in [1.54, 1.807) is 24.3 Å². The average Bonchev–Trinajstić information content (AvgIpc) is 2.37. The van der Waals surface area contributed by atoms with Crippen LogP contribution in [0.15, 0.2) is 57.5 Å². The van der Waals surface area contributed by atoms with Crippen LogP contribution in [0.2, 0.25) is 0 Å². The van der Waals surface area contributed by atoms with Crippen molar-refractivity contribution in [2.75, 3.05) is 0 Å². The van der Waals surface area contributed by atoms with Crippen molar-refractivity contribution in [1.82, 2.24) is 0 Å². The van der Waals surface area contributed by atoms with Gasteiger partial charge >= 0.3 is 0 Å². The van der Waals surface area contributed by atoms with Crippen LogP contribution in [0.1, 0.15) is 23.3 Å². The van der Waals surface area contributed by atoms with Crippen molar-refractivity contribution in [1.29, 1.82) is 0 Å². The lowest BCUT2D eigenvalue weighted by Gasteiger charge is -2.19. The molecule has 0 aliphatic carbocycles. The van der Waals surface area contributed by atoms with Gasteiger partial charge in [-0.05, 0) is 35.4 Å². The molecule has 0 saturated heterocycles. The highest BCUT2D eigenvalue weighted by atomic mass is 79.9. The largest absolute Gasteiger partial charge is 0.385 e. The zero-order valence-corrected chi connectivity index (χ0v) is 12.6. The van der Waals surface area contributed by atoms with Gasteiger partial charge < -0.3 is 10.2 Å². The van der Waals surface area contributed by atoms with Crippen LogP contribution in [0.3, 0.4) is 0 Å². The second kappa shape index (κ2) is 5.97. The maximum Gasteiger partial charge on any atom is 0.109 e. The van der Waals surface area contributed by atoms with Gasteiger partial charge in [-0.25, -0.2) is 0 Å². The van der Waals surface area contributed by atoms with Gasteiger partial charge in [0.15, 0.2) is 0 Å². The lowest BCUT2D eigenvalue weighted by Crippen LogP contribution is -2.10. The van der Waals surface area contributed by atoms with Gasteiger partial charge in [0.05, 0.1) is 0 Å². The molecule has 0 radical (unpaired) electrons. The molecule has 4 heteroatoms. The Morgan fingerprint density at radius 3 is 1.44 bits per heavy atom. The number of halogens is 2. The van der Waals surface area contributed by atoms with E-state index in [-0.39, 0.29) is 0 Å². The van der Waals surface area contributed by atoms with E-state index < -0.39 is 12.2 Å². The van der Waals surface area contributed by atoms with E-state index in [1.807, 2.05) is 24.3 Å². The molecule has 0 fully saturated rings. The number of aliphatic hydroxyl groups is 2. The van der Waals surface area contributed by atoms with Crippen molar-refractivity contribution in [2.24, 2.45) is 0 Å². The highest BCUT2D eigenvalue weighted by Crippen LogP contribution is 2.30. The predicted molar refractivity (Wildman–Crippen MR) is 78.2 cm³/mol. The molecule has 0 saturated carbocycles. The lowest BCUT2D eigenvalue weighted by atomic mass is 9.98. The van der Waals surface area contributed by atoms with Gasteiger partial charge in [0.2, 0.25) is 0 Å². The molecule has 0 aromatic heterocycles. The zero-order chi connectivity index (χ0) is 13.1. The van der Waals surface area contributed by atoms with Crippen molar-refractivity contribution in [3.63, 3.8) is 0 Å². The Morgan fingerprint density at radius 2 is 1.11 bits per heavy atom. The van der Waals surface area contributed by atoms with Crippen LogP contribution in [0, 0.1) is 0 Å². The van der Waals surface area contributed by atoms with Crippen LogP contribution in [-0.4, -0.2) is 10.2 Å². The Morgan fingerprint density at radius 1 is 0.722 bits per heavy atom. The third-order valence-corrected chi connectivity index (χ3v) is 3.67. The summed E-state index contributed by atoms with van der Waals surface area (Å²) in [5.74, 6) is 0. The fourth-order valence-corrected chi connectivity index (χ4v) is 2.58. The minimum absolute atomic E-state index is 0.678. The first-order valence-corrected chi connectivity index (χ1v) is 7.03. The van der Waals surface area contributed by atoms with E-state index in [1.165, 1.54) is 0 Å². The summed E-state index contributed by atoms with van der Waals surface area (Å²) >= 11 is 6.69. The standard InChI is InChI=1S/C14H12Br2O2/c15-11-5-1-3-9(7-11)13(17)14(18)10-4-2-6-12(16)8-10/h1-8,13-14,17-18H/t13-,14+. The molecule has 18 heavy (non-hydrogen) atoms. The number of benzene rings is 2. The van der Waals surface area contributed by atoms with Crippen LogP contribution in [0.5, 0.6) is 0 Å². The van der Waals surface area contributed by atoms with Crippen molar-refractivity contribution in [3.8, 4) is 0 Å². The number of hydrogen-bond acceptors (Lipinski definition) is 2. The van der Waals surface area contributed by atoms with E-state index in [4.69, 9.17) is 0 Å². The highest BCUT2D eigenvalue weighted by molar-refractivity contribution is 9.10. The van der Waals surface area contributed by atoms with Gasteiger partial charge in [0.25, 0.3) is 0 Å². The monoisotopic (exact) mass is 370 g/mol. The summed E-state index contributed by atoms with van der Waals surface area (Å²) < 4.78 is 1.75. The molecule has 2 nitrogen and oxygen atoms in total. The van der Waals surface area contributed by atoms with Gasteiger partial charge in [-0.15, -0.1) is 0 Å². The lowest BCUT2D eigenvalue weighted by molar-refractivity contribution is 0.0172. The first-order chi connectivity index (χ1) is 8.58. The molecular weight excluding hydrogens is 360 g/mol. The Bertz CT molecular complexity index is 493. The van der Waals surface area contributed by atoms with Gasteiger partial charge in [-0.2, -0.15) is 0 Å². The molecule has 94 valence electrons. The number of hydrogen-bond donors (Lipinski definition) is 2. The van der Waals surface area contributed by atoms with E-state index >= 15 is 0 Å². The summed E-state index contributed by atoms with van der Waals surface area (Å²) in [4.78, 5) is 0. The molecule has 2 rings (SSSR count). The summed E-state index contributed by atoms with van der Waals surface area (Å²) in [6, 6.07) is 14.6. The Balaban J connectivity index is 2.26. The molecular formula is C14H12Br2O2. The number of rotatable bonds is 3. The van der Waals surface area contributed by atoms with Crippen LogP contribution < -0.4 is 0 Å². The van der Waals surface area contributed by atoms with Gasteiger partial charge in [-0.1, -0.05) is 56.1 Å². The Hall–Kier alpha value is -0.680. The summed E-state index contributed by atoms with van der Waals surface area (Å²) in [5, 5.41) is 20.3. The van der Waals surface area contributed by atoms with Crippen LogP contribution in [-0.2, 0) is 0 Å². The van der Waals surface area contributed by atoms with E-state index in [9.17, 15) is 10.2 Å². The minimum Gasteiger partial charge on any atom is -0.385 e. The SMILES string of the molecule is O[C@H](c1cccc(Br)c1)[C@@H](O)c1cccc(Br)c1. The van der Waals surface area contributed by atoms with Gasteiger partial charge in [0, 0.05) is 8.95 Å². The quantitative estimate of drug-likeness (QED) is 0.856. The second-order valence-electron chi connectivity index (χ2n) is 4.00. The van der Waals surface area contributed by atoms with Gasteiger partial charge in [-0.3, -0.25) is 0 Å². The maximum absolute atomic E-state index is 10.2. The molecule has 0 bridgehead atoms. The van der Waals surface area contributed by atoms with Crippen LogP contribution >= 0.6 is 31.9 Å². The highest BCUT2D eigenvalue weighted by Gasteiger charge is 2.20. The third-order valence-electron chi connectivity index (χ3n) is 2.68.